The van der Waals surface area contributed by atoms with Crippen LogP contribution < -0.4 is 4.74 Å². The molecule has 2 aliphatic heterocycles. The van der Waals surface area contributed by atoms with Crippen LogP contribution in [0.25, 0.3) is 16.8 Å². The molecule has 0 aliphatic carbocycles. The molecular formula is C26H22F3N3O4S. The van der Waals surface area contributed by atoms with Gasteiger partial charge in [-0.15, -0.1) is 0 Å². The van der Waals surface area contributed by atoms with Crippen molar-refractivity contribution in [1.82, 2.24) is 13.7 Å². The molecule has 192 valence electrons. The van der Waals surface area contributed by atoms with Crippen LogP contribution in [0.2, 0.25) is 0 Å². The number of hydrogen-bond donors (Lipinski definition) is 0. The van der Waals surface area contributed by atoms with Crippen molar-refractivity contribution < 1.29 is 31.1 Å². The third-order valence-corrected chi connectivity index (χ3v) is 7.99. The molecule has 4 heterocycles. The smallest absolute Gasteiger partial charge is 0.387 e. The standard InChI is InChI=1S/C26H22F3N3O4S/c1-37(33,34)31-12-16-7-6-15(10-17(16)13-31)19-14-32-23(11-20(19)27)30-21-8-9-35-25(24(21)32)18-4-2-3-5-22(18)36-26(28)29/h2-7,10-11,14,25-26H,8-9,12-13H2,1H3. The molecule has 0 radical (unpaired) electrons. The zero-order chi connectivity index (χ0) is 25.9. The normalized spacial score (nSPS) is 17.8. The van der Waals surface area contributed by atoms with E-state index in [2.05, 4.69) is 4.98 Å². The highest BCUT2D eigenvalue weighted by Crippen LogP contribution is 2.39. The lowest BCUT2D eigenvalue weighted by atomic mass is 10.00. The molecule has 0 saturated carbocycles. The van der Waals surface area contributed by atoms with Gasteiger partial charge in [0.05, 0.1) is 24.3 Å². The predicted molar refractivity (Wildman–Crippen MR) is 129 cm³/mol. The Hall–Kier alpha value is -3.41. The van der Waals surface area contributed by atoms with E-state index in [4.69, 9.17) is 9.47 Å². The second kappa shape index (κ2) is 8.86. The highest BCUT2D eigenvalue weighted by Gasteiger charge is 2.31. The lowest BCUT2D eigenvalue weighted by molar-refractivity contribution is -0.0522. The van der Waals surface area contributed by atoms with Crippen LogP contribution in [0.3, 0.4) is 0 Å². The summed E-state index contributed by atoms with van der Waals surface area (Å²) in [4.78, 5) is 4.59. The van der Waals surface area contributed by atoms with Crippen LogP contribution in [0.4, 0.5) is 13.2 Å². The van der Waals surface area contributed by atoms with Gasteiger partial charge in [0.25, 0.3) is 0 Å². The molecule has 11 heteroatoms. The number of alkyl halides is 2. The van der Waals surface area contributed by atoms with E-state index in [1.807, 2.05) is 6.07 Å². The average Bonchev–Trinajstić information content (AvgIpc) is 3.44. The maximum atomic E-state index is 15.3. The molecule has 7 nitrogen and oxygen atoms in total. The molecule has 2 aromatic heterocycles. The van der Waals surface area contributed by atoms with Gasteiger partial charge in [0.1, 0.15) is 23.3 Å². The molecule has 0 spiro atoms. The lowest BCUT2D eigenvalue weighted by Gasteiger charge is -2.25. The number of nitrogens with zero attached hydrogens (tertiary/aromatic N) is 3. The number of ether oxygens (including phenoxy) is 2. The molecule has 0 amide bonds. The van der Waals surface area contributed by atoms with E-state index >= 15 is 4.39 Å². The average molecular weight is 530 g/mol. The summed E-state index contributed by atoms with van der Waals surface area (Å²) >= 11 is 0. The minimum Gasteiger partial charge on any atom is -0.434 e. The number of halogens is 3. The molecule has 0 bridgehead atoms. The highest BCUT2D eigenvalue weighted by molar-refractivity contribution is 7.88. The molecule has 37 heavy (non-hydrogen) atoms. The Bertz CT molecular complexity index is 1640. The number of para-hydroxylation sites is 1. The summed E-state index contributed by atoms with van der Waals surface area (Å²) in [5, 5.41) is 0. The summed E-state index contributed by atoms with van der Waals surface area (Å²) in [5.41, 5.74) is 4.69. The van der Waals surface area contributed by atoms with Crippen LogP contribution in [0.5, 0.6) is 5.75 Å². The first-order chi connectivity index (χ1) is 17.7. The van der Waals surface area contributed by atoms with Crippen LogP contribution >= 0.6 is 0 Å². The molecule has 6 rings (SSSR count). The second-order valence-electron chi connectivity index (χ2n) is 9.14. The quantitative estimate of drug-likeness (QED) is 0.376. The Morgan fingerprint density at radius 2 is 1.89 bits per heavy atom. The maximum Gasteiger partial charge on any atom is 0.387 e. The second-order valence-corrected chi connectivity index (χ2v) is 11.1. The van der Waals surface area contributed by atoms with Gasteiger partial charge < -0.3 is 9.47 Å². The Kier molecular flexibility index (Phi) is 5.74. The number of hydrogen-bond acceptors (Lipinski definition) is 5. The van der Waals surface area contributed by atoms with Gasteiger partial charge in [-0.05, 0) is 28.8 Å². The molecule has 0 fully saturated rings. The van der Waals surface area contributed by atoms with Gasteiger partial charge in [-0.25, -0.2) is 17.8 Å². The van der Waals surface area contributed by atoms with Gasteiger partial charge in [0, 0.05) is 42.9 Å². The van der Waals surface area contributed by atoms with Crippen molar-refractivity contribution in [2.24, 2.45) is 0 Å². The monoisotopic (exact) mass is 529 g/mol. The van der Waals surface area contributed by atoms with Crippen LogP contribution in [-0.2, 0) is 34.3 Å². The van der Waals surface area contributed by atoms with Crippen molar-refractivity contribution in [2.45, 2.75) is 32.2 Å². The zero-order valence-corrected chi connectivity index (χ0v) is 20.5. The summed E-state index contributed by atoms with van der Waals surface area (Å²) in [6.45, 7) is -2.17. The number of imidazole rings is 1. The molecule has 4 aromatic rings. The number of benzene rings is 2. The number of rotatable bonds is 5. The van der Waals surface area contributed by atoms with Crippen LogP contribution in [-0.4, -0.2) is 41.6 Å². The first-order valence-electron chi connectivity index (χ1n) is 11.6. The van der Waals surface area contributed by atoms with E-state index in [-0.39, 0.29) is 18.8 Å². The van der Waals surface area contributed by atoms with E-state index in [9.17, 15) is 17.2 Å². The molecule has 0 N–H and O–H groups in total. The SMILES string of the molecule is CS(=O)(=O)N1Cc2ccc(-c3cn4c5c(nc4cc3F)CCOC5c3ccccc3OC(F)F)cc2C1. The van der Waals surface area contributed by atoms with Gasteiger partial charge in [-0.3, -0.25) is 4.40 Å². The van der Waals surface area contributed by atoms with Crippen molar-refractivity contribution in [2.75, 3.05) is 12.9 Å². The Morgan fingerprint density at radius 3 is 2.68 bits per heavy atom. The number of fused-ring (bicyclic) bond motifs is 4. The number of aromatic nitrogens is 2. The Morgan fingerprint density at radius 1 is 1.11 bits per heavy atom. The van der Waals surface area contributed by atoms with Crippen molar-refractivity contribution in [3.63, 3.8) is 0 Å². The topological polar surface area (TPSA) is 73.1 Å². The maximum absolute atomic E-state index is 15.3. The van der Waals surface area contributed by atoms with E-state index in [1.165, 1.54) is 22.7 Å². The summed E-state index contributed by atoms with van der Waals surface area (Å²) in [6, 6.07) is 13.1. The van der Waals surface area contributed by atoms with Crippen LogP contribution in [0.15, 0.2) is 54.7 Å². The first kappa shape index (κ1) is 24.0. The summed E-state index contributed by atoms with van der Waals surface area (Å²) in [6.07, 6.45) is 2.54. The van der Waals surface area contributed by atoms with Crippen LogP contribution in [0.1, 0.15) is 34.2 Å². The fraction of sp³-hybridized carbons (Fsp3) is 0.269. The minimum absolute atomic E-state index is 0.00156. The van der Waals surface area contributed by atoms with Crippen LogP contribution in [0, 0.1) is 5.82 Å². The molecule has 2 aromatic carbocycles. The summed E-state index contributed by atoms with van der Waals surface area (Å²) in [5.74, 6) is -0.478. The van der Waals surface area contributed by atoms with E-state index in [0.717, 1.165) is 11.1 Å². The van der Waals surface area contributed by atoms with Gasteiger partial charge in [-0.2, -0.15) is 13.1 Å². The summed E-state index contributed by atoms with van der Waals surface area (Å²) < 4.78 is 79.3. The van der Waals surface area contributed by atoms with Gasteiger partial charge in [0.15, 0.2) is 0 Å². The highest BCUT2D eigenvalue weighted by atomic mass is 32.2. The van der Waals surface area contributed by atoms with E-state index < -0.39 is 28.6 Å². The summed E-state index contributed by atoms with van der Waals surface area (Å²) in [7, 11) is -3.36. The first-order valence-corrected chi connectivity index (χ1v) is 13.5. The van der Waals surface area contributed by atoms with Crippen molar-refractivity contribution in [3.05, 3.63) is 88.6 Å². The number of sulfonamides is 1. The zero-order valence-electron chi connectivity index (χ0n) is 19.7. The Balaban J connectivity index is 1.45. The fourth-order valence-corrected chi connectivity index (χ4v) is 5.81. The third-order valence-electron chi connectivity index (χ3n) is 6.79. The molecule has 1 atom stereocenters. The van der Waals surface area contributed by atoms with Crippen molar-refractivity contribution in [3.8, 4) is 16.9 Å². The minimum atomic E-state index is -3.36. The van der Waals surface area contributed by atoms with Crippen molar-refractivity contribution in [1.29, 1.82) is 0 Å². The van der Waals surface area contributed by atoms with Crippen molar-refractivity contribution >= 4 is 15.7 Å². The predicted octanol–water partition coefficient (Wildman–Crippen LogP) is 4.68. The van der Waals surface area contributed by atoms with E-state index in [0.29, 0.717) is 46.8 Å². The largest absolute Gasteiger partial charge is 0.434 e. The molecule has 0 saturated heterocycles. The number of pyridine rings is 1. The fourth-order valence-electron chi connectivity index (χ4n) is 5.06. The van der Waals surface area contributed by atoms with Gasteiger partial charge in [0.2, 0.25) is 10.0 Å². The lowest BCUT2D eigenvalue weighted by Crippen LogP contribution is -2.23. The Labute approximate surface area is 211 Å². The molecular weight excluding hydrogens is 507 g/mol. The molecule has 2 aliphatic rings. The van der Waals surface area contributed by atoms with E-state index in [1.54, 1.807) is 40.9 Å². The van der Waals surface area contributed by atoms with Gasteiger partial charge >= 0.3 is 6.61 Å². The third kappa shape index (κ3) is 4.26. The molecule has 1 unspecified atom stereocenters. The van der Waals surface area contributed by atoms with Gasteiger partial charge in [-0.1, -0.05) is 30.3 Å².